The number of rotatable bonds is 4. The van der Waals surface area contributed by atoms with Crippen LogP contribution in [-0.2, 0) is 17.9 Å². The standard InChI is InChI=1S/C17H19N5O2/c1-17(2)15(23)20-16-19-14-4-3-13(9-12(14)10-22(16)17)24-8-7-21-6-5-18-11-21/h3-6,9,11H,7-8,10H2,1-2H3,(H,19,20,23). The van der Waals surface area contributed by atoms with Crippen molar-refractivity contribution in [3.63, 3.8) is 0 Å². The first-order chi connectivity index (χ1) is 11.5. The lowest BCUT2D eigenvalue weighted by Crippen LogP contribution is -2.44. The molecular weight excluding hydrogens is 306 g/mol. The summed E-state index contributed by atoms with van der Waals surface area (Å²) < 4.78 is 7.80. The van der Waals surface area contributed by atoms with E-state index in [1.54, 1.807) is 12.5 Å². The van der Waals surface area contributed by atoms with Gasteiger partial charge >= 0.3 is 0 Å². The van der Waals surface area contributed by atoms with Gasteiger partial charge in [-0.2, -0.15) is 0 Å². The van der Waals surface area contributed by atoms with Crippen LogP contribution in [0.2, 0.25) is 0 Å². The Morgan fingerprint density at radius 3 is 3.04 bits per heavy atom. The van der Waals surface area contributed by atoms with E-state index in [4.69, 9.17) is 4.74 Å². The van der Waals surface area contributed by atoms with Gasteiger partial charge in [0.05, 0.1) is 18.6 Å². The van der Waals surface area contributed by atoms with Crippen LogP contribution in [0.15, 0.2) is 41.9 Å². The van der Waals surface area contributed by atoms with Gasteiger partial charge in [-0.25, -0.2) is 9.98 Å². The zero-order valence-electron chi connectivity index (χ0n) is 13.7. The van der Waals surface area contributed by atoms with Gasteiger partial charge < -0.3 is 14.2 Å². The van der Waals surface area contributed by atoms with Crippen molar-refractivity contribution < 1.29 is 9.53 Å². The smallest absolute Gasteiger partial charge is 0.252 e. The Morgan fingerprint density at radius 1 is 1.38 bits per heavy atom. The number of aliphatic imine (C=N–C) groups is 1. The highest BCUT2D eigenvalue weighted by atomic mass is 16.5. The van der Waals surface area contributed by atoms with Crippen LogP contribution in [0.3, 0.4) is 0 Å². The molecule has 1 fully saturated rings. The van der Waals surface area contributed by atoms with Crippen LogP contribution in [0.5, 0.6) is 5.75 Å². The number of amides is 1. The van der Waals surface area contributed by atoms with Crippen LogP contribution in [0.4, 0.5) is 5.69 Å². The van der Waals surface area contributed by atoms with Crippen molar-refractivity contribution in [2.24, 2.45) is 4.99 Å². The third-order valence-electron chi connectivity index (χ3n) is 4.49. The number of nitrogens with one attached hydrogen (secondary N) is 1. The third kappa shape index (κ3) is 2.42. The average Bonchev–Trinajstić information content (AvgIpc) is 3.14. The number of ether oxygens (including phenoxy) is 1. The molecule has 0 atom stereocenters. The first kappa shape index (κ1) is 14.7. The monoisotopic (exact) mass is 325 g/mol. The van der Waals surface area contributed by atoms with Gasteiger partial charge in [-0.1, -0.05) is 0 Å². The minimum absolute atomic E-state index is 0.0224. The summed E-state index contributed by atoms with van der Waals surface area (Å²) in [6.07, 6.45) is 5.43. The zero-order valence-corrected chi connectivity index (χ0v) is 13.7. The SMILES string of the molecule is CC1(C)C(=O)NC2=Nc3ccc(OCCn4ccnc4)cc3CN21. The Morgan fingerprint density at radius 2 is 2.25 bits per heavy atom. The Balaban J connectivity index is 1.49. The molecule has 0 spiro atoms. The summed E-state index contributed by atoms with van der Waals surface area (Å²) in [6.45, 7) is 5.76. The number of nitrogens with zero attached hydrogens (tertiary/aromatic N) is 4. The van der Waals surface area contributed by atoms with E-state index in [0.29, 0.717) is 19.1 Å². The number of carbonyl (C=O) groups excluding carboxylic acids is 1. The number of fused-ring (bicyclic) bond motifs is 2. The summed E-state index contributed by atoms with van der Waals surface area (Å²) in [5.41, 5.74) is 1.35. The molecule has 7 heteroatoms. The van der Waals surface area contributed by atoms with Crippen LogP contribution < -0.4 is 10.1 Å². The summed E-state index contributed by atoms with van der Waals surface area (Å²) in [6, 6.07) is 5.85. The van der Waals surface area contributed by atoms with E-state index in [9.17, 15) is 4.79 Å². The van der Waals surface area contributed by atoms with Gasteiger partial charge in [0, 0.05) is 24.5 Å². The highest BCUT2D eigenvalue weighted by molar-refractivity contribution is 6.09. The molecule has 0 unspecified atom stereocenters. The minimum atomic E-state index is -0.588. The van der Waals surface area contributed by atoms with Crippen molar-refractivity contribution in [1.82, 2.24) is 19.8 Å². The summed E-state index contributed by atoms with van der Waals surface area (Å²) in [7, 11) is 0. The number of aromatic nitrogens is 2. The van der Waals surface area contributed by atoms with Gasteiger partial charge in [0.25, 0.3) is 5.91 Å². The molecule has 2 aliphatic rings. The van der Waals surface area contributed by atoms with Crippen LogP contribution in [0.1, 0.15) is 19.4 Å². The van der Waals surface area contributed by atoms with Crippen molar-refractivity contribution in [3.05, 3.63) is 42.5 Å². The van der Waals surface area contributed by atoms with E-state index >= 15 is 0 Å². The second-order valence-corrected chi connectivity index (χ2v) is 6.47. The highest BCUT2D eigenvalue weighted by Gasteiger charge is 2.45. The van der Waals surface area contributed by atoms with E-state index in [-0.39, 0.29) is 5.91 Å². The molecule has 1 saturated heterocycles. The van der Waals surface area contributed by atoms with Crippen LogP contribution in [0.25, 0.3) is 0 Å². The highest BCUT2D eigenvalue weighted by Crippen LogP contribution is 2.34. The van der Waals surface area contributed by atoms with E-state index in [2.05, 4.69) is 15.3 Å². The Bertz CT molecular complexity index is 810. The summed E-state index contributed by atoms with van der Waals surface area (Å²) in [4.78, 5) is 22.6. The molecule has 124 valence electrons. The van der Waals surface area contributed by atoms with Crippen LogP contribution in [-0.4, -0.2) is 38.5 Å². The van der Waals surface area contributed by atoms with Crippen molar-refractivity contribution in [1.29, 1.82) is 0 Å². The Hall–Kier alpha value is -2.83. The summed E-state index contributed by atoms with van der Waals surface area (Å²) in [5, 5.41) is 2.85. The number of carbonyl (C=O) groups is 1. The molecule has 0 bridgehead atoms. The van der Waals surface area contributed by atoms with E-state index in [1.807, 2.05) is 47.7 Å². The molecule has 1 aromatic carbocycles. The molecule has 1 aromatic heterocycles. The molecule has 0 radical (unpaired) electrons. The molecule has 0 saturated carbocycles. The molecule has 2 aliphatic heterocycles. The first-order valence-electron chi connectivity index (χ1n) is 7.93. The molecular formula is C17H19N5O2. The molecule has 1 N–H and O–H groups in total. The Labute approximate surface area is 140 Å². The molecule has 7 nitrogen and oxygen atoms in total. The maximum absolute atomic E-state index is 12.1. The lowest BCUT2D eigenvalue weighted by atomic mass is 10.0. The lowest BCUT2D eigenvalue weighted by Gasteiger charge is -2.32. The van der Waals surface area contributed by atoms with Crippen molar-refractivity contribution >= 4 is 17.6 Å². The number of hydrogen-bond acceptors (Lipinski definition) is 5. The van der Waals surface area contributed by atoms with Gasteiger partial charge in [0.1, 0.15) is 17.9 Å². The van der Waals surface area contributed by atoms with Gasteiger partial charge in [-0.15, -0.1) is 0 Å². The lowest BCUT2D eigenvalue weighted by molar-refractivity contribution is -0.125. The predicted octanol–water partition coefficient (Wildman–Crippen LogP) is 1.67. The molecule has 3 heterocycles. The van der Waals surface area contributed by atoms with Gasteiger partial charge in [-0.3, -0.25) is 10.1 Å². The maximum Gasteiger partial charge on any atom is 0.252 e. The molecule has 0 aliphatic carbocycles. The fourth-order valence-electron chi connectivity index (χ4n) is 2.93. The normalized spacial score (nSPS) is 17.8. The number of hydrogen-bond donors (Lipinski definition) is 1. The van der Waals surface area contributed by atoms with Gasteiger partial charge in [-0.05, 0) is 32.0 Å². The molecule has 1 amide bonds. The fraction of sp³-hybridized carbons (Fsp3) is 0.353. The van der Waals surface area contributed by atoms with Crippen LogP contribution >= 0.6 is 0 Å². The fourth-order valence-corrected chi connectivity index (χ4v) is 2.93. The number of imidazole rings is 1. The quantitative estimate of drug-likeness (QED) is 0.928. The van der Waals surface area contributed by atoms with E-state index < -0.39 is 5.54 Å². The second-order valence-electron chi connectivity index (χ2n) is 6.47. The van der Waals surface area contributed by atoms with Crippen molar-refractivity contribution in [2.45, 2.75) is 32.5 Å². The van der Waals surface area contributed by atoms with Crippen molar-refractivity contribution in [3.8, 4) is 5.75 Å². The van der Waals surface area contributed by atoms with Crippen molar-refractivity contribution in [2.75, 3.05) is 6.61 Å². The summed E-state index contributed by atoms with van der Waals surface area (Å²) >= 11 is 0. The number of guanidine groups is 1. The average molecular weight is 325 g/mol. The largest absolute Gasteiger partial charge is 0.492 e. The minimum Gasteiger partial charge on any atom is -0.492 e. The second kappa shape index (κ2) is 5.36. The first-order valence-corrected chi connectivity index (χ1v) is 7.93. The summed E-state index contributed by atoms with van der Waals surface area (Å²) in [5.74, 6) is 1.42. The van der Waals surface area contributed by atoms with Gasteiger partial charge in [0.2, 0.25) is 5.96 Å². The van der Waals surface area contributed by atoms with Gasteiger partial charge in [0.15, 0.2) is 0 Å². The predicted molar refractivity (Wildman–Crippen MR) is 89.0 cm³/mol. The molecule has 4 rings (SSSR count). The van der Waals surface area contributed by atoms with E-state index in [1.165, 1.54) is 0 Å². The zero-order chi connectivity index (χ0) is 16.7. The number of benzene rings is 1. The third-order valence-corrected chi connectivity index (χ3v) is 4.49. The van der Waals surface area contributed by atoms with Crippen LogP contribution in [0, 0.1) is 0 Å². The molecule has 24 heavy (non-hydrogen) atoms. The molecule has 2 aromatic rings. The Kier molecular flexibility index (Phi) is 3.30. The topological polar surface area (TPSA) is 71.7 Å². The van der Waals surface area contributed by atoms with E-state index in [0.717, 1.165) is 23.5 Å². The maximum atomic E-state index is 12.1.